The molecule has 0 aromatic rings. The number of hydrogen-bond acceptors (Lipinski definition) is 1. The Balaban J connectivity index is 2.46. The van der Waals surface area contributed by atoms with Crippen LogP contribution in [0.5, 0.6) is 0 Å². The second-order valence-corrected chi connectivity index (χ2v) is 6.24. The Kier molecular flexibility index (Phi) is 2.81. The van der Waals surface area contributed by atoms with Crippen LogP contribution in [0.2, 0.25) is 0 Å². The third-order valence-corrected chi connectivity index (χ3v) is 4.15. The van der Waals surface area contributed by atoms with Crippen molar-refractivity contribution >= 4 is 0 Å². The first-order chi connectivity index (χ1) is 7.86. The van der Waals surface area contributed by atoms with Crippen LogP contribution in [0.3, 0.4) is 0 Å². The number of nitrogens with two attached hydrogens (primary N) is 1. The summed E-state index contributed by atoms with van der Waals surface area (Å²) in [4.78, 5) is 0. The molecule has 2 rings (SSSR count). The van der Waals surface area contributed by atoms with Gasteiger partial charge in [0.25, 0.3) is 0 Å². The quantitative estimate of drug-likeness (QED) is 0.720. The summed E-state index contributed by atoms with van der Waals surface area (Å²) in [5.41, 5.74) is 10.4. The lowest BCUT2D eigenvalue weighted by Gasteiger charge is -2.44. The minimum atomic E-state index is -0.00451. The molecule has 0 saturated heterocycles. The molecular formula is C16H23N. The van der Waals surface area contributed by atoms with Gasteiger partial charge in [0.1, 0.15) is 0 Å². The zero-order valence-electron chi connectivity index (χ0n) is 11.4. The summed E-state index contributed by atoms with van der Waals surface area (Å²) >= 11 is 0. The van der Waals surface area contributed by atoms with E-state index in [-0.39, 0.29) is 10.8 Å². The van der Waals surface area contributed by atoms with Gasteiger partial charge in [-0.3, -0.25) is 0 Å². The predicted octanol–water partition coefficient (Wildman–Crippen LogP) is 4.10. The van der Waals surface area contributed by atoms with Crippen molar-refractivity contribution in [3.8, 4) is 0 Å². The first kappa shape index (κ1) is 12.2. The van der Waals surface area contributed by atoms with Crippen molar-refractivity contribution in [3.63, 3.8) is 0 Å². The van der Waals surface area contributed by atoms with Crippen LogP contribution >= 0.6 is 0 Å². The van der Waals surface area contributed by atoms with Gasteiger partial charge in [-0.25, -0.2) is 0 Å². The fourth-order valence-corrected chi connectivity index (χ4v) is 3.28. The summed E-state index contributed by atoms with van der Waals surface area (Å²) in [6.07, 6.45) is 13.0. The van der Waals surface area contributed by atoms with Crippen LogP contribution in [-0.2, 0) is 0 Å². The van der Waals surface area contributed by atoms with Crippen molar-refractivity contribution in [3.05, 3.63) is 47.2 Å². The van der Waals surface area contributed by atoms with Crippen molar-refractivity contribution < 1.29 is 0 Å². The molecule has 0 bridgehead atoms. The predicted molar refractivity (Wildman–Crippen MR) is 74.4 cm³/mol. The molecule has 0 aromatic heterocycles. The van der Waals surface area contributed by atoms with E-state index in [4.69, 9.17) is 5.73 Å². The van der Waals surface area contributed by atoms with Crippen molar-refractivity contribution in [2.45, 2.75) is 40.5 Å². The number of allylic oxidation sites excluding steroid dienone is 7. The van der Waals surface area contributed by atoms with Gasteiger partial charge in [-0.05, 0) is 38.2 Å². The molecule has 0 aromatic carbocycles. The molecule has 1 heteroatoms. The zero-order valence-corrected chi connectivity index (χ0v) is 11.4. The van der Waals surface area contributed by atoms with Gasteiger partial charge in [-0.1, -0.05) is 49.3 Å². The van der Waals surface area contributed by atoms with Crippen molar-refractivity contribution in [1.82, 2.24) is 0 Å². The Labute approximate surface area is 105 Å². The minimum Gasteiger partial charge on any atom is -0.401 e. The normalized spacial score (nSPS) is 31.6. The van der Waals surface area contributed by atoms with E-state index >= 15 is 0 Å². The summed E-state index contributed by atoms with van der Waals surface area (Å²) in [5, 5.41) is 0. The monoisotopic (exact) mass is 229 g/mol. The lowest BCUT2D eigenvalue weighted by atomic mass is 9.61. The molecule has 0 aliphatic heterocycles. The summed E-state index contributed by atoms with van der Waals surface area (Å²) in [6.45, 7) is 9.13. The average Bonchev–Trinajstić information content (AvgIpc) is 2.21. The Hall–Kier alpha value is -1.24. The Morgan fingerprint density at radius 1 is 1.12 bits per heavy atom. The smallest absolute Gasteiger partial charge is 0.0321 e. The van der Waals surface area contributed by atoms with E-state index in [9.17, 15) is 0 Å². The maximum Gasteiger partial charge on any atom is 0.0321 e. The average molecular weight is 229 g/mol. The van der Waals surface area contributed by atoms with E-state index in [2.05, 4.69) is 52.0 Å². The van der Waals surface area contributed by atoms with Gasteiger partial charge in [-0.15, -0.1) is 0 Å². The van der Waals surface area contributed by atoms with E-state index in [1.165, 1.54) is 11.1 Å². The van der Waals surface area contributed by atoms with Crippen molar-refractivity contribution in [2.75, 3.05) is 0 Å². The summed E-state index contributed by atoms with van der Waals surface area (Å²) < 4.78 is 0. The number of rotatable bonds is 1. The molecule has 1 nitrogen and oxygen atoms in total. The molecule has 2 aliphatic rings. The molecule has 2 aliphatic carbocycles. The SMILES string of the molecule is CC1=CC=C(C2(C)CC=CC=C2N)C(C)(C)C1. The van der Waals surface area contributed by atoms with Gasteiger partial charge in [-0.2, -0.15) is 0 Å². The third kappa shape index (κ3) is 1.99. The van der Waals surface area contributed by atoms with Crippen LogP contribution in [-0.4, -0.2) is 0 Å². The largest absolute Gasteiger partial charge is 0.401 e. The maximum absolute atomic E-state index is 6.25. The van der Waals surface area contributed by atoms with Gasteiger partial charge < -0.3 is 5.73 Å². The molecule has 1 unspecified atom stereocenters. The first-order valence-corrected chi connectivity index (χ1v) is 6.37. The second-order valence-electron chi connectivity index (χ2n) is 6.24. The minimum absolute atomic E-state index is 0.00451. The lowest BCUT2D eigenvalue weighted by molar-refractivity contribution is 0.322. The van der Waals surface area contributed by atoms with E-state index in [1.54, 1.807) is 0 Å². The summed E-state index contributed by atoms with van der Waals surface area (Å²) in [6, 6.07) is 0. The van der Waals surface area contributed by atoms with Gasteiger partial charge in [0.2, 0.25) is 0 Å². The molecule has 92 valence electrons. The van der Waals surface area contributed by atoms with Crippen molar-refractivity contribution in [1.29, 1.82) is 0 Å². The molecule has 2 N–H and O–H groups in total. The second kappa shape index (κ2) is 3.90. The summed E-state index contributed by atoms with van der Waals surface area (Å²) in [5.74, 6) is 0. The topological polar surface area (TPSA) is 26.0 Å². The Morgan fingerprint density at radius 2 is 1.82 bits per heavy atom. The van der Waals surface area contributed by atoms with Gasteiger partial charge in [0.05, 0.1) is 0 Å². The van der Waals surface area contributed by atoms with Gasteiger partial charge in [0.15, 0.2) is 0 Å². The van der Waals surface area contributed by atoms with Crippen molar-refractivity contribution in [2.24, 2.45) is 16.6 Å². The fourth-order valence-electron chi connectivity index (χ4n) is 3.28. The standard InChI is InChI=1S/C16H23N/c1-12-8-9-13(15(2,3)11-12)16(4)10-6-5-7-14(16)17/h5-9H,10-11,17H2,1-4H3. The van der Waals surface area contributed by atoms with E-state index in [1.807, 2.05) is 6.08 Å². The highest BCUT2D eigenvalue weighted by molar-refractivity contribution is 5.41. The molecule has 0 fully saturated rings. The highest BCUT2D eigenvalue weighted by atomic mass is 14.7. The first-order valence-electron chi connectivity index (χ1n) is 6.37. The third-order valence-electron chi connectivity index (χ3n) is 4.15. The van der Waals surface area contributed by atoms with E-state index in [0.29, 0.717) is 0 Å². The van der Waals surface area contributed by atoms with Gasteiger partial charge >= 0.3 is 0 Å². The zero-order chi connectivity index (χ0) is 12.7. The molecule has 17 heavy (non-hydrogen) atoms. The maximum atomic E-state index is 6.25. The molecule has 0 spiro atoms. The molecule has 0 heterocycles. The van der Waals surface area contributed by atoms with Crippen LogP contribution in [0.4, 0.5) is 0 Å². The highest BCUT2D eigenvalue weighted by Gasteiger charge is 2.40. The fraction of sp³-hybridized carbons (Fsp3) is 0.500. The van der Waals surface area contributed by atoms with Crippen LogP contribution in [0.1, 0.15) is 40.5 Å². The van der Waals surface area contributed by atoms with Crippen LogP contribution in [0.25, 0.3) is 0 Å². The molecular weight excluding hydrogens is 206 g/mol. The highest BCUT2D eigenvalue weighted by Crippen LogP contribution is 2.50. The van der Waals surface area contributed by atoms with Gasteiger partial charge in [0, 0.05) is 11.1 Å². The molecule has 1 atom stereocenters. The molecule has 0 saturated carbocycles. The Bertz CT molecular complexity index is 446. The van der Waals surface area contributed by atoms with Crippen LogP contribution in [0.15, 0.2) is 47.2 Å². The number of hydrogen-bond donors (Lipinski definition) is 1. The van der Waals surface area contributed by atoms with E-state index < -0.39 is 0 Å². The lowest BCUT2D eigenvalue weighted by Crippen LogP contribution is -2.36. The molecule has 0 radical (unpaired) electrons. The summed E-state index contributed by atoms with van der Waals surface area (Å²) in [7, 11) is 0. The van der Waals surface area contributed by atoms with E-state index in [0.717, 1.165) is 18.5 Å². The van der Waals surface area contributed by atoms with Crippen LogP contribution in [0, 0.1) is 10.8 Å². The van der Waals surface area contributed by atoms with Crippen LogP contribution < -0.4 is 5.73 Å². The molecule has 0 amide bonds. The Morgan fingerprint density at radius 3 is 2.41 bits per heavy atom.